The van der Waals surface area contributed by atoms with Crippen molar-refractivity contribution >= 4 is 38.3 Å². The van der Waals surface area contributed by atoms with E-state index in [9.17, 15) is 17.6 Å². The first-order valence-corrected chi connectivity index (χ1v) is 11.0. The minimum Gasteiger partial charge on any atom is -0.493 e. The lowest BCUT2D eigenvalue weighted by atomic mass is 10.1. The van der Waals surface area contributed by atoms with E-state index in [1.807, 2.05) is 0 Å². The molecule has 34 heavy (non-hydrogen) atoms. The normalized spacial score (nSPS) is 24.3. The van der Waals surface area contributed by atoms with E-state index in [1.165, 1.54) is 19.5 Å². The maximum Gasteiger partial charge on any atom is 0.416 e. The van der Waals surface area contributed by atoms with Gasteiger partial charge in [0.25, 0.3) is 0 Å². The lowest BCUT2D eigenvalue weighted by Gasteiger charge is -2.20. The molecule has 2 aliphatic heterocycles. The van der Waals surface area contributed by atoms with Gasteiger partial charge in [-0.05, 0) is 40.2 Å². The molecule has 2 aliphatic rings. The third-order valence-electron chi connectivity index (χ3n) is 5.69. The van der Waals surface area contributed by atoms with E-state index in [-0.39, 0.29) is 24.7 Å². The summed E-state index contributed by atoms with van der Waals surface area (Å²) in [5.74, 6) is 0.963. The van der Waals surface area contributed by atoms with Gasteiger partial charge in [0.05, 0.1) is 37.1 Å². The van der Waals surface area contributed by atoms with Gasteiger partial charge in [0, 0.05) is 15.9 Å². The minimum absolute atomic E-state index is 0.0442. The van der Waals surface area contributed by atoms with E-state index in [4.69, 9.17) is 18.9 Å². The summed E-state index contributed by atoms with van der Waals surface area (Å²) in [5, 5.41) is 3.43. The molecule has 4 atom stereocenters. The lowest BCUT2D eigenvalue weighted by Crippen LogP contribution is -2.33. The molecule has 5 rings (SSSR count). The van der Waals surface area contributed by atoms with Crippen LogP contribution in [0.3, 0.4) is 0 Å². The Bertz CT molecular complexity index is 1230. The number of hydrogen-bond donors (Lipinski definition) is 1. The van der Waals surface area contributed by atoms with Crippen LogP contribution in [0.1, 0.15) is 5.56 Å². The first-order chi connectivity index (χ1) is 16.2. The quantitative estimate of drug-likeness (QED) is 0.451. The van der Waals surface area contributed by atoms with Crippen LogP contribution in [0, 0.1) is 0 Å². The van der Waals surface area contributed by atoms with Gasteiger partial charge >= 0.3 is 6.18 Å². The fourth-order valence-corrected chi connectivity index (χ4v) is 4.37. The van der Waals surface area contributed by atoms with Gasteiger partial charge in [0.2, 0.25) is 0 Å². The highest BCUT2D eigenvalue weighted by Gasteiger charge is 2.49. The summed E-state index contributed by atoms with van der Waals surface area (Å²) in [6, 6.07) is 6.53. The van der Waals surface area contributed by atoms with Gasteiger partial charge < -0.3 is 24.3 Å². The second-order valence-electron chi connectivity index (χ2n) is 7.83. The Morgan fingerprint density at radius 3 is 2.62 bits per heavy atom. The van der Waals surface area contributed by atoms with Crippen molar-refractivity contribution in [1.82, 2.24) is 9.97 Å². The molecule has 7 nitrogen and oxygen atoms in total. The smallest absolute Gasteiger partial charge is 0.416 e. The van der Waals surface area contributed by atoms with Crippen molar-refractivity contribution in [3.63, 3.8) is 0 Å². The predicted octanol–water partition coefficient (Wildman–Crippen LogP) is 5.05. The lowest BCUT2D eigenvalue weighted by molar-refractivity contribution is -0.137. The van der Waals surface area contributed by atoms with Crippen LogP contribution < -0.4 is 14.8 Å². The summed E-state index contributed by atoms with van der Waals surface area (Å²) in [6.07, 6.45) is -6.14. The summed E-state index contributed by atoms with van der Waals surface area (Å²) in [7, 11) is 1.45. The molecule has 0 radical (unpaired) electrons. The maximum atomic E-state index is 13.9. The number of hydrogen-bond acceptors (Lipinski definition) is 7. The molecule has 2 aromatic carbocycles. The highest BCUT2D eigenvalue weighted by Crippen LogP contribution is 2.39. The van der Waals surface area contributed by atoms with Crippen molar-refractivity contribution < 1.29 is 36.5 Å². The third kappa shape index (κ3) is 4.25. The largest absolute Gasteiger partial charge is 0.493 e. The fraction of sp³-hybridized carbons (Fsp3) is 0.364. The Morgan fingerprint density at radius 2 is 1.85 bits per heavy atom. The second-order valence-corrected chi connectivity index (χ2v) is 8.68. The molecule has 12 heteroatoms. The topological polar surface area (TPSA) is 74.7 Å². The number of benzene rings is 2. The van der Waals surface area contributed by atoms with Crippen molar-refractivity contribution in [3.8, 4) is 11.5 Å². The van der Waals surface area contributed by atoms with Gasteiger partial charge in [-0.25, -0.2) is 14.4 Å². The molecule has 0 aliphatic carbocycles. The van der Waals surface area contributed by atoms with Gasteiger partial charge in [-0.1, -0.05) is 0 Å². The van der Waals surface area contributed by atoms with Crippen molar-refractivity contribution in [2.24, 2.45) is 0 Å². The molecular formula is C22H18BrF4N3O4. The molecule has 180 valence electrons. The summed E-state index contributed by atoms with van der Waals surface area (Å²) in [6.45, 7) is 0.120. The van der Waals surface area contributed by atoms with E-state index >= 15 is 0 Å². The Morgan fingerprint density at radius 1 is 1.06 bits per heavy atom. The zero-order chi connectivity index (χ0) is 24.0. The zero-order valence-electron chi connectivity index (χ0n) is 17.6. The van der Waals surface area contributed by atoms with Crippen LogP contribution in [0.25, 0.3) is 10.9 Å². The molecule has 0 amide bonds. The molecule has 1 aromatic heterocycles. The molecule has 0 bridgehead atoms. The summed E-state index contributed by atoms with van der Waals surface area (Å²) < 4.78 is 76.3. The number of alkyl halides is 4. The number of nitrogens with one attached hydrogen (secondary N) is 1. The number of nitrogens with zero attached hydrogens (tertiary/aromatic N) is 2. The fourth-order valence-electron chi connectivity index (χ4n) is 4.02. The van der Waals surface area contributed by atoms with Gasteiger partial charge in [-0.3, -0.25) is 0 Å². The summed E-state index contributed by atoms with van der Waals surface area (Å²) in [5.41, 5.74) is -0.156. The molecule has 0 saturated carbocycles. The number of fused-ring (bicyclic) bond motifs is 2. The van der Waals surface area contributed by atoms with Crippen LogP contribution in [-0.4, -0.2) is 54.8 Å². The van der Waals surface area contributed by atoms with Crippen LogP contribution >= 0.6 is 15.9 Å². The molecule has 2 saturated heterocycles. The van der Waals surface area contributed by atoms with Crippen LogP contribution in [0.15, 0.2) is 41.1 Å². The number of anilines is 2. The van der Waals surface area contributed by atoms with Gasteiger partial charge in [0.1, 0.15) is 24.4 Å². The van der Waals surface area contributed by atoms with Crippen LogP contribution in [0.5, 0.6) is 11.5 Å². The van der Waals surface area contributed by atoms with Crippen molar-refractivity contribution in [1.29, 1.82) is 0 Å². The Balaban J connectivity index is 1.47. The zero-order valence-corrected chi connectivity index (χ0v) is 19.2. The highest BCUT2D eigenvalue weighted by molar-refractivity contribution is 9.10. The van der Waals surface area contributed by atoms with E-state index in [2.05, 4.69) is 31.2 Å². The summed E-state index contributed by atoms with van der Waals surface area (Å²) >= 11 is 3.27. The standard InChI is InChI=1S/C22H18BrF4N3O4/c1-31-16-5-11-14(6-17(16)34-18-8-33-19-13(24)7-32-20(18)19)28-9-29-21(11)30-15-4-10(22(25,26)27)2-3-12(15)23/h2-6,9,13,18-20H,7-8H2,1H3,(H,28,29,30)/t13?,18?,19-,20-/m0/s1. The van der Waals surface area contributed by atoms with E-state index in [0.717, 1.165) is 12.1 Å². The van der Waals surface area contributed by atoms with E-state index in [1.54, 1.807) is 12.1 Å². The average Bonchev–Trinajstić information content (AvgIpc) is 3.37. The highest BCUT2D eigenvalue weighted by atomic mass is 79.9. The van der Waals surface area contributed by atoms with Gasteiger partial charge in [0.15, 0.2) is 23.8 Å². The molecule has 3 aromatic rings. The van der Waals surface area contributed by atoms with Crippen LogP contribution in [0.2, 0.25) is 0 Å². The number of aromatic nitrogens is 2. The SMILES string of the molecule is COc1cc2c(Nc3cc(C(F)(F)F)ccc3Br)ncnc2cc1OC1CO[C@H]2C(F)CO[C@@H]12. The maximum absolute atomic E-state index is 13.9. The van der Waals surface area contributed by atoms with Crippen LogP contribution in [-0.2, 0) is 15.7 Å². The number of rotatable bonds is 5. The molecule has 3 heterocycles. The monoisotopic (exact) mass is 543 g/mol. The van der Waals surface area contributed by atoms with E-state index in [0.29, 0.717) is 26.9 Å². The average molecular weight is 544 g/mol. The van der Waals surface area contributed by atoms with Gasteiger partial charge in [-0.2, -0.15) is 13.2 Å². The Hall–Kier alpha value is -2.70. The Labute approximate surface area is 199 Å². The molecule has 0 spiro atoms. The molecule has 2 unspecified atom stereocenters. The van der Waals surface area contributed by atoms with Crippen molar-refractivity contribution in [3.05, 3.63) is 46.7 Å². The van der Waals surface area contributed by atoms with E-state index < -0.39 is 36.2 Å². The number of methoxy groups -OCH3 is 1. The first-order valence-electron chi connectivity index (χ1n) is 10.2. The predicted molar refractivity (Wildman–Crippen MR) is 117 cm³/mol. The third-order valence-corrected chi connectivity index (χ3v) is 6.38. The molecular weight excluding hydrogens is 526 g/mol. The molecule has 2 fully saturated rings. The van der Waals surface area contributed by atoms with Crippen LogP contribution in [0.4, 0.5) is 29.1 Å². The minimum atomic E-state index is -4.49. The Kier molecular flexibility index (Phi) is 5.98. The van der Waals surface area contributed by atoms with Crippen molar-refractivity contribution in [2.75, 3.05) is 25.6 Å². The number of halogens is 5. The van der Waals surface area contributed by atoms with Crippen molar-refractivity contribution in [2.45, 2.75) is 30.7 Å². The summed E-state index contributed by atoms with van der Waals surface area (Å²) in [4.78, 5) is 8.44. The first kappa shape index (κ1) is 23.1. The molecule has 1 N–H and O–H groups in total. The second kappa shape index (κ2) is 8.82. The number of ether oxygens (including phenoxy) is 4. The van der Waals surface area contributed by atoms with Gasteiger partial charge in [-0.15, -0.1) is 0 Å².